The summed E-state index contributed by atoms with van der Waals surface area (Å²) < 4.78 is 0. The van der Waals surface area contributed by atoms with Gasteiger partial charge in [-0.1, -0.05) is 38.1 Å². The van der Waals surface area contributed by atoms with Crippen molar-refractivity contribution in [2.24, 2.45) is 5.92 Å². The third kappa shape index (κ3) is 2.86. The Morgan fingerprint density at radius 2 is 2.06 bits per heavy atom. The summed E-state index contributed by atoms with van der Waals surface area (Å²) in [6, 6.07) is 9.72. The molecule has 2 rings (SSSR count). The highest BCUT2D eigenvalue weighted by atomic mass is 16.1. The van der Waals surface area contributed by atoms with E-state index in [0.717, 1.165) is 17.2 Å². The Hall–Kier alpha value is -1.90. The number of hydrogen-bond acceptors (Lipinski definition) is 2. The van der Waals surface area contributed by atoms with E-state index in [1.165, 1.54) is 0 Å². The molecule has 18 heavy (non-hydrogen) atoms. The highest BCUT2D eigenvalue weighted by molar-refractivity contribution is 6.05. The molecule has 1 N–H and O–H groups in total. The number of fused-ring (bicyclic) bond motifs is 1. The van der Waals surface area contributed by atoms with Crippen molar-refractivity contribution in [2.75, 3.05) is 6.54 Å². The zero-order chi connectivity index (χ0) is 13.0. The number of hydrogen-bond donors (Lipinski definition) is 1. The maximum atomic E-state index is 12.1. The summed E-state index contributed by atoms with van der Waals surface area (Å²) in [4.78, 5) is 16.3. The lowest BCUT2D eigenvalue weighted by Crippen LogP contribution is -2.26. The Labute approximate surface area is 107 Å². The van der Waals surface area contributed by atoms with Crippen LogP contribution >= 0.6 is 0 Å². The molecular formula is C15H18N2O. The summed E-state index contributed by atoms with van der Waals surface area (Å²) in [6.45, 7) is 4.98. The largest absolute Gasteiger partial charge is 0.351 e. The van der Waals surface area contributed by atoms with E-state index < -0.39 is 0 Å². The number of nitrogens with one attached hydrogen (secondary N) is 1. The van der Waals surface area contributed by atoms with Gasteiger partial charge in [-0.05, 0) is 23.8 Å². The van der Waals surface area contributed by atoms with E-state index in [2.05, 4.69) is 24.1 Å². The summed E-state index contributed by atoms with van der Waals surface area (Å²) >= 11 is 0. The summed E-state index contributed by atoms with van der Waals surface area (Å²) in [5, 5.41) is 4.87. The van der Waals surface area contributed by atoms with Gasteiger partial charge in [0.1, 0.15) is 5.69 Å². The molecule has 0 unspecified atom stereocenters. The fourth-order valence-electron chi connectivity index (χ4n) is 1.86. The quantitative estimate of drug-likeness (QED) is 0.895. The van der Waals surface area contributed by atoms with Crippen LogP contribution in [0.25, 0.3) is 10.8 Å². The van der Waals surface area contributed by atoms with Crippen LogP contribution in [0.2, 0.25) is 0 Å². The first kappa shape index (κ1) is 12.6. The number of nitrogens with zero attached hydrogens (tertiary/aromatic N) is 1. The maximum absolute atomic E-state index is 12.1. The van der Waals surface area contributed by atoms with Crippen molar-refractivity contribution in [3.63, 3.8) is 0 Å². The average Bonchev–Trinajstić information content (AvgIpc) is 2.37. The van der Waals surface area contributed by atoms with Crippen LogP contribution in [0, 0.1) is 5.92 Å². The molecule has 0 aliphatic heterocycles. The molecule has 1 aromatic carbocycles. The first-order chi connectivity index (χ1) is 8.68. The highest BCUT2D eigenvalue weighted by Crippen LogP contribution is 2.16. The van der Waals surface area contributed by atoms with Gasteiger partial charge in [-0.2, -0.15) is 0 Å². The van der Waals surface area contributed by atoms with Crippen LogP contribution in [0.5, 0.6) is 0 Å². The van der Waals surface area contributed by atoms with Gasteiger partial charge in [-0.15, -0.1) is 0 Å². The second kappa shape index (κ2) is 5.63. The van der Waals surface area contributed by atoms with Gasteiger partial charge in [0.15, 0.2) is 0 Å². The molecular weight excluding hydrogens is 224 g/mol. The summed E-state index contributed by atoms with van der Waals surface area (Å²) in [7, 11) is 0. The molecule has 94 valence electrons. The lowest BCUT2D eigenvalue weighted by molar-refractivity contribution is 0.0949. The third-order valence-corrected chi connectivity index (χ3v) is 2.90. The van der Waals surface area contributed by atoms with Crippen LogP contribution in [-0.2, 0) is 0 Å². The van der Waals surface area contributed by atoms with Crippen molar-refractivity contribution < 1.29 is 4.79 Å². The molecule has 1 heterocycles. The zero-order valence-electron chi connectivity index (χ0n) is 10.8. The molecule has 3 nitrogen and oxygen atoms in total. The normalized spacial score (nSPS) is 10.8. The van der Waals surface area contributed by atoms with E-state index in [4.69, 9.17) is 0 Å². The fourth-order valence-corrected chi connectivity index (χ4v) is 1.86. The van der Waals surface area contributed by atoms with Crippen LogP contribution in [-0.4, -0.2) is 17.4 Å². The van der Waals surface area contributed by atoms with Crippen molar-refractivity contribution in [3.05, 3.63) is 42.2 Å². The van der Waals surface area contributed by atoms with E-state index in [9.17, 15) is 4.79 Å². The number of carbonyl (C=O) groups is 1. The minimum Gasteiger partial charge on any atom is -0.351 e. The van der Waals surface area contributed by atoms with Crippen LogP contribution in [0.1, 0.15) is 30.8 Å². The summed E-state index contributed by atoms with van der Waals surface area (Å²) in [5.41, 5.74) is 0.511. The van der Waals surface area contributed by atoms with Gasteiger partial charge in [0.25, 0.3) is 5.91 Å². The van der Waals surface area contributed by atoms with E-state index >= 15 is 0 Å². The van der Waals surface area contributed by atoms with E-state index in [1.54, 1.807) is 6.20 Å². The predicted octanol–water partition coefficient (Wildman–Crippen LogP) is 3.01. The maximum Gasteiger partial charge on any atom is 0.270 e. The Morgan fingerprint density at radius 3 is 2.83 bits per heavy atom. The topological polar surface area (TPSA) is 42.0 Å². The van der Waals surface area contributed by atoms with Crippen molar-refractivity contribution in [3.8, 4) is 0 Å². The lowest BCUT2D eigenvalue weighted by Gasteiger charge is -2.08. The van der Waals surface area contributed by atoms with Gasteiger partial charge in [-0.25, -0.2) is 0 Å². The van der Waals surface area contributed by atoms with Gasteiger partial charge < -0.3 is 5.32 Å². The molecule has 3 heteroatoms. The Bertz CT molecular complexity index is 544. The van der Waals surface area contributed by atoms with E-state index in [1.807, 2.05) is 30.3 Å². The molecule has 0 atom stereocenters. The molecule has 1 aromatic heterocycles. The molecule has 0 saturated carbocycles. The Balaban J connectivity index is 2.17. The second-order valence-corrected chi connectivity index (χ2v) is 4.82. The Kier molecular flexibility index (Phi) is 3.92. The van der Waals surface area contributed by atoms with Crippen LogP contribution < -0.4 is 5.32 Å². The number of rotatable bonds is 4. The Morgan fingerprint density at radius 1 is 1.28 bits per heavy atom. The van der Waals surface area contributed by atoms with Crippen LogP contribution in [0.15, 0.2) is 36.5 Å². The van der Waals surface area contributed by atoms with Gasteiger partial charge in [0.2, 0.25) is 0 Å². The standard InChI is InChI=1S/C15H18N2O/c1-11(2)7-9-17-15(18)14-13-6-4-3-5-12(13)8-10-16-14/h3-6,8,10-11H,7,9H2,1-2H3,(H,17,18). The third-order valence-electron chi connectivity index (χ3n) is 2.90. The highest BCUT2D eigenvalue weighted by Gasteiger charge is 2.10. The average molecular weight is 242 g/mol. The van der Waals surface area contributed by atoms with Crippen molar-refractivity contribution in [1.29, 1.82) is 0 Å². The smallest absolute Gasteiger partial charge is 0.270 e. The second-order valence-electron chi connectivity index (χ2n) is 4.82. The predicted molar refractivity (Wildman–Crippen MR) is 73.5 cm³/mol. The van der Waals surface area contributed by atoms with Crippen molar-refractivity contribution in [1.82, 2.24) is 10.3 Å². The van der Waals surface area contributed by atoms with Gasteiger partial charge in [-0.3, -0.25) is 9.78 Å². The zero-order valence-corrected chi connectivity index (χ0v) is 10.8. The first-order valence-corrected chi connectivity index (χ1v) is 6.30. The number of benzene rings is 1. The van der Waals surface area contributed by atoms with Gasteiger partial charge in [0.05, 0.1) is 0 Å². The van der Waals surface area contributed by atoms with Crippen LogP contribution in [0.4, 0.5) is 0 Å². The van der Waals surface area contributed by atoms with Crippen LogP contribution in [0.3, 0.4) is 0 Å². The minimum absolute atomic E-state index is 0.0903. The molecule has 0 aliphatic rings. The van der Waals surface area contributed by atoms with E-state index in [-0.39, 0.29) is 5.91 Å². The molecule has 0 fully saturated rings. The lowest BCUT2D eigenvalue weighted by atomic mass is 10.1. The number of pyridine rings is 1. The summed E-state index contributed by atoms with van der Waals surface area (Å²) in [6.07, 6.45) is 2.66. The molecule has 0 spiro atoms. The van der Waals surface area contributed by atoms with E-state index in [0.29, 0.717) is 18.2 Å². The van der Waals surface area contributed by atoms with Crippen molar-refractivity contribution in [2.45, 2.75) is 20.3 Å². The number of aromatic nitrogens is 1. The monoisotopic (exact) mass is 242 g/mol. The molecule has 0 radical (unpaired) electrons. The molecule has 1 amide bonds. The van der Waals surface area contributed by atoms with Crippen molar-refractivity contribution >= 4 is 16.7 Å². The molecule has 0 saturated heterocycles. The van der Waals surface area contributed by atoms with Gasteiger partial charge >= 0.3 is 0 Å². The summed E-state index contributed by atoms with van der Waals surface area (Å²) in [5.74, 6) is 0.498. The molecule has 0 aliphatic carbocycles. The SMILES string of the molecule is CC(C)CCNC(=O)c1nccc2ccccc12. The molecule has 0 bridgehead atoms. The number of carbonyl (C=O) groups excluding carboxylic acids is 1. The molecule has 2 aromatic rings. The minimum atomic E-state index is -0.0903. The first-order valence-electron chi connectivity index (χ1n) is 6.30. The van der Waals surface area contributed by atoms with Gasteiger partial charge in [0, 0.05) is 18.1 Å². The number of amides is 1. The fraction of sp³-hybridized carbons (Fsp3) is 0.333.